The van der Waals surface area contributed by atoms with Gasteiger partial charge in [-0.1, -0.05) is 27.7 Å². The number of thioether (sulfide) groups is 1. The normalized spacial score (nSPS) is 24.0. The molecule has 0 spiro atoms. The molecule has 0 aliphatic carbocycles. The van der Waals surface area contributed by atoms with Crippen molar-refractivity contribution in [3.63, 3.8) is 0 Å². The highest BCUT2D eigenvalue weighted by Gasteiger charge is 2.29. The minimum atomic E-state index is -0.0873. The van der Waals surface area contributed by atoms with Gasteiger partial charge in [-0.2, -0.15) is 11.8 Å². The van der Waals surface area contributed by atoms with Crippen molar-refractivity contribution in [2.45, 2.75) is 58.2 Å². The smallest absolute Gasteiger partial charge is 0.138 e. The number of nitrogens with zero attached hydrogens (tertiary/aromatic N) is 3. The number of hydrogen-bond donors (Lipinski definition) is 1. The van der Waals surface area contributed by atoms with Gasteiger partial charge < -0.3 is 10.6 Å². The fourth-order valence-corrected chi connectivity index (χ4v) is 3.47. The summed E-state index contributed by atoms with van der Waals surface area (Å²) < 4.78 is 0. The van der Waals surface area contributed by atoms with Crippen LogP contribution in [-0.2, 0) is 5.41 Å². The molecule has 1 fully saturated rings. The number of anilines is 2. The number of nitrogens with two attached hydrogens (primary N) is 1. The van der Waals surface area contributed by atoms with Crippen molar-refractivity contribution in [1.82, 2.24) is 9.97 Å². The molecule has 0 aromatic carbocycles. The van der Waals surface area contributed by atoms with E-state index in [2.05, 4.69) is 44.5 Å². The lowest BCUT2D eigenvalue weighted by Crippen LogP contribution is -2.45. The van der Waals surface area contributed by atoms with Crippen LogP contribution in [0, 0.1) is 6.92 Å². The summed E-state index contributed by atoms with van der Waals surface area (Å²) in [6.45, 7) is 14.0. The molecule has 2 heterocycles. The Bertz CT molecular complexity index is 495. The predicted octanol–water partition coefficient (Wildman–Crippen LogP) is 2.99. The summed E-state index contributed by atoms with van der Waals surface area (Å²) in [5.74, 6) is 3.59. The van der Waals surface area contributed by atoms with Crippen LogP contribution in [0.3, 0.4) is 0 Å². The van der Waals surface area contributed by atoms with Crippen molar-refractivity contribution in [3.05, 3.63) is 11.4 Å². The van der Waals surface area contributed by atoms with E-state index in [1.807, 2.05) is 18.7 Å². The lowest BCUT2D eigenvalue weighted by Gasteiger charge is -2.39. The van der Waals surface area contributed by atoms with Gasteiger partial charge in [0.1, 0.15) is 17.5 Å². The van der Waals surface area contributed by atoms with Gasteiger partial charge in [0.25, 0.3) is 0 Å². The first-order valence-electron chi connectivity index (χ1n) is 7.24. The van der Waals surface area contributed by atoms with E-state index in [9.17, 15) is 0 Å². The first-order chi connectivity index (χ1) is 9.21. The highest BCUT2D eigenvalue weighted by atomic mass is 32.2. The molecule has 1 aromatic rings. The zero-order chi connectivity index (χ0) is 15.1. The zero-order valence-corrected chi connectivity index (χ0v) is 14.2. The standard InChI is InChI=1S/C15H26N4S/c1-9-12(16)17-14(15(4,5)6)18-13(9)19-7-8-20-11(3)10(19)2/h10-11H,7-8H2,1-6H3,(H2,16,17,18). The zero-order valence-electron chi connectivity index (χ0n) is 13.4. The van der Waals surface area contributed by atoms with Crippen molar-refractivity contribution < 1.29 is 0 Å². The summed E-state index contributed by atoms with van der Waals surface area (Å²) in [6.07, 6.45) is 0. The Morgan fingerprint density at radius 1 is 1.25 bits per heavy atom. The van der Waals surface area contributed by atoms with Crippen LogP contribution in [0.4, 0.5) is 11.6 Å². The number of rotatable bonds is 1. The summed E-state index contributed by atoms with van der Waals surface area (Å²) in [4.78, 5) is 11.7. The van der Waals surface area contributed by atoms with Crippen molar-refractivity contribution in [1.29, 1.82) is 0 Å². The van der Waals surface area contributed by atoms with E-state index >= 15 is 0 Å². The van der Waals surface area contributed by atoms with Crippen molar-refractivity contribution in [2.75, 3.05) is 22.9 Å². The van der Waals surface area contributed by atoms with E-state index in [1.165, 1.54) is 0 Å². The fraction of sp³-hybridized carbons (Fsp3) is 0.733. The van der Waals surface area contributed by atoms with Crippen LogP contribution in [0.2, 0.25) is 0 Å². The van der Waals surface area contributed by atoms with Gasteiger partial charge in [-0.05, 0) is 13.8 Å². The molecule has 5 heteroatoms. The molecule has 1 aliphatic heterocycles. The van der Waals surface area contributed by atoms with Crippen LogP contribution in [0.1, 0.15) is 46.0 Å². The predicted molar refractivity (Wildman–Crippen MR) is 88.6 cm³/mol. The van der Waals surface area contributed by atoms with Crippen LogP contribution in [0.5, 0.6) is 0 Å². The second-order valence-corrected chi connectivity index (χ2v) is 8.13. The molecule has 0 radical (unpaired) electrons. The number of aromatic nitrogens is 2. The van der Waals surface area contributed by atoms with Crippen LogP contribution < -0.4 is 10.6 Å². The third kappa shape index (κ3) is 2.87. The number of hydrogen-bond acceptors (Lipinski definition) is 5. The average Bonchev–Trinajstić information content (AvgIpc) is 2.35. The van der Waals surface area contributed by atoms with Gasteiger partial charge in [0.05, 0.1) is 0 Å². The quantitative estimate of drug-likeness (QED) is 0.863. The SMILES string of the molecule is Cc1c(N)nc(C(C)(C)C)nc1N1CCSC(C)C1C. The maximum absolute atomic E-state index is 6.12. The first kappa shape index (κ1) is 15.4. The van der Waals surface area contributed by atoms with Crippen LogP contribution >= 0.6 is 11.8 Å². The van der Waals surface area contributed by atoms with Crippen molar-refractivity contribution >= 4 is 23.4 Å². The average molecular weight is 294 g/mol. The van der Waals surface area contributed by atoms with Crippen LogP contribution in [0.15, 0.2) is 0 Å². The third-order valence-corrected chi connectivity index (χ3v) is 5.32. The molecule has 0 amide bonds. The molecule has 2 N–H and O–H groups in total. The van der Waals surface area contributed by atoms with Crippen molar-refractivity contribution in [2.24, 2.45) is 0 Å². The highest BCUT2D eigenvalue weighted by Crippen LogP contribution is 2.32. The molecular formula is C15H26N4S. The Labute approximate surface area is 126 Å². The van der Waals surface area contributed by atoms with Crippen LogP contribution in [-0.4, -0.2) is 33.6 Å². The lowest BCUT2D eigenvalue weighted by atomic mass is 9.95. The molecule has 1 aromatic heterocycles. The van der Waals surface area contributed by atoms with Gasteiger partial charge in [-0.3, -0.25) is 0 Å². The number of nitrogen functional groups attached to an aromatic ring is 1. The second-order valence-electron chi connectivity index (χ2n) is 6.64. The Kier molecular flexibility index (Phi) is 4.19. The van der Waals surface area contributed by atoms with E-state index in [0.717, 1.165) is 29.5 Å². The fourth-order valence-electron chi connectivity index (χ4n) is 2.37. The van der Waals surface area contributed by atoms with Crippen molar-refractivity contribution in [3.8, 4) is 0 Å². The Hall–Kier alpha value is -0.970. The van der Waals surface area contributed by atoms with Gasteiger partial charge in [0.2, 0.25) is 0 Å². The molecule has 0 bridgehead atoms. The van der Waals surface area contributed by atoms with Gasteiger partial charge in [-0.15, -0.1) is 0 Å². The topological polar surface area (TPSA) is 55.0 Å². The Morgan fingerprint density at radius 3 is 2.50 bits per heavy atom. The summed E-state index contributed by atoms with van der Waals surface area (Å²) in [5.41, 5.74) is 7.04. The molecule has 2 atom stereocenters. The maximum atomic E-state index is 6.12. The van der Waals surface area contributed by atoms with Crippen LogP contribution in [0.25, 0.3) is 0 Å². The molecular weight excluding hydrogens is 268 g/mol. The molecule has 112 valence electrons. The molecule has 2 rings (SSSR count). The van der Waals surface area contributed by atoms with Gasteiger partial charge in [-0.25, -0.2) is 9.97 Å². The van der Waals surface area contributed by atoms with E-state index in [-0.39, 0.29) is 5.41 Å². The maximum Gasteiger partial charge on any atom is 0.138 e. The van der Waals surface area contributed by atoms with E-state index < -0.39 is 0 Å². The second kappa shape index (κ2) is 5.43. The molecule has 2 unspecified atom stereocenters. The molecule has 4 nitrogen and oxygen atoms in total. The van der Waals surface area contributed by atoms with E-state index in [4.69, 9.17) is 10.7 Å². The lowest BCUT2D eigenvalue weighted by molar-refractivity contribution is 0.539. The molecule has 0 saturated carbocycles. The van der Waals surface area contributed by atoms with Gasteiger partial charge in [0, 0.05) is 34.6 Å². The highest BCUT2D eigenvalue weighted by molar-refractivity contribution is 8.00. The minimum Gasteiger partial charge on any atom is -0.383 e. The third-order valence-electron chi connectivity index (χ3n) is 3.98. The summed E-state index contributed by atoms with van der Waals surface area (Å²) >= 11 is 2.03. The summed E-state index contributed by atoms with van der Waals surface area (Å²) in [7, 11) is 0. The first-order valence-corrected chi connectivity index (χ1v) is 8.29. The van der Waals surface area contributed by atoms with E-state index in [1.54, 1.807) is 0 Å². The molecule has 20 heavy (non-hydrogen) atoms. The Balaban J connectivity index is 2.47. The van der Waals surface area contributed by atoms with E-state index in [0.29, 0.717) is 17.1 Å². The molecule has 1 aliphatic rings. The molecule has 1 saturated heterocycles. The minimum absolute atomic E-state index is 0.0873. The summed E-state index contributed by atoms with van der Waals surface area (Å²) in [6, 6.07) is 0.467. The van der Waals surface area contributed by atoms with Gasteiger partial charge in [0.15, 0.2) is 0 Å². The Morgan fingerprint density at radius 2 is 1.90 bits per heavy atom. The monoisotopic (exact) mass is 294 g/mol. The largest absolute Gasteiger partial charge is 0.383 e. The van der Waals surface area contributed by atoms with Gasteiger partial charge >= 0.3 is 0 Å². The summed E-state index contributed by atoms with van der Waals surface area (Å²) in [5, 5.41) is 0.609.